The van der Waals surface area contributed by atoms with E-state index >= 15 is 0 Å². The maximum Gasteiger partial charge on any atom is 0.352 e. The molecule has 18 heavy (non-hydrogen) atoms. The Labute approximate surface area is 112 Å². The van der Waals surface area contributed by atoms with Crippen molar-refractivity contribution in [1.82, 2.24) is 10.6 Å². The van der Waals surface area contributed by atoms with Gasteiger partial charge in [0.25, 0.3) is 0 Å². The largest absolute Gasteiger partial charge is 0.477 e. The van der Waals surface area contributed by atoms with Gasteiger partial charge < -0.3 is 15.7 Å². The van der Waals surface area contributed by atoms with Crippen LogP contribution in [-0.2, 0) is 4.79 Å². The van der Waals surface area contributed by atoms with Gasteiger partial charge in [0.15, 0.2) is 0 Å². The molecule has 0 bridgehead atoms. The zero-order chi connectivity index (χ0) is 13.3. The van der Waals surface area contributed by atoms with Crippen LogP contribution in [0, 0.1) is 0 Å². The fraction of sp³-hybridized carbons (Fsp3) is 0.0909. The van der Waals surface area contributed by atoms with Crippen molar-refractivity contribution in [3.8, 4) is 0 Å². The molecule has 0 saturated heterocycles. The van der Waals surface area contributed by atoms with Gasteiger partial charge in [-0.25, -0.2) is 9.59 Å². The van der Waals surface area contributed by atoms with E-state index < -0.39 is 18.0 Å². The molecule has 2 amide bonds. The fourth-order valence-corrected chi connectivity index (χ4v) is 2.03. The second-order valence-electron chi connectivity index (χ2n) is 3.60. The number of halogens is 2. The van der Waals surface area contributed by atoms with E-state index in [0.717, 1.165) is 0 Å². The summed E-state index contributed by atoms with van der Waals surface area (Å²) < 4.78 is 0. The van der Waals surface area contributed by atoms with E-state index in [1.807, 2.05) is 0 Å². The van der Waals surface area contributed by atoms with Crippen LogP contribution < -0.4 is 10.6 Å². The molecule has 0 unspecified atom stereocenters. The molecule has 0 radical (unpaired) electrons. The molecular formula is C11H8Cl2N2O3. The number of urea groups is 1. The van der Waals surface area contributed by atoms with Crippen LogP contribution in [0.3, 0.4) is 0 Å². The van der Waals surface area contributed by atoms with Crippen LogP contribution in [0.2, 0.25) is 10.0 Å². The third-order valence-corrected chi connectivity index (χ3v) is 3.25. The summed E-state index contributed by atoms with van der Waals surface area (Å²) in [5, 5.41) is 14.2. The predicted molar refractivity (Wildman–Crippen MR) is 66.6 cm³/mol. The maximum atomic E-state index is 11.4. The van der Waals surface area contributed by atoms with E-state index in [9.17, 15) is 9.59 Å². The second kappa shape index (κ2) is 4.88. The zero-order valence-corrected chi connectivity index (χ0v) is 10.4. The van der Waals surface area contributed by atoms with Crippen molar-refractivity contribution in [2.24, 2.45) is 0 Å². The number of rotatable bonds is 2. The molecular weight excluding hydrogens is 279 g/mol. The highest BCUT2D eigenvalue weighted by Crippen LogP contribution is 2.31. The first kappa shape index (κ1) is 12.7. The number of aliphatic carboxylic acids is 1. The minimum Gasteiger partial charge on any atom is -0.477 e. The molecule has 7 heteroatoms. The number of hydrogen-bond donors (Lipinski definition) is 3. The van der Waals surface area contributed by atoms with Crippen LogP contribution in [0.15, 0.2) is 30.0 Å². The Kier molecular flexibility index (Phi) is 3.45. The summed E-state index contributed by atoms with van der Waals surface area (Å²) in [4.78, 5) is 22.2. The summed E-state index contributed by atoms with van der Waals surface area (Å²) in [7, 11) is 0. The summed E-state index contributed by atoms with van der Waals surface area (Å²) in [6.45, 7) is 0. The molecule has 1 aromatic carbocycles. The summed E-state index contributed by atoms with van der Waals surface area (Å²) in [6.07, 6.45) is 1.36. The lowest BCUT2D eigenvalue weighted by molar-refractivity contribution is -0.133. The number of benzene rings is 1. The minimum atomic E-state index is -1.21. The van der Waals surface area contributed by atoms with Crippen molar-refractivity contribution >= 4 is 35.2 Å². The molecule has 0 aromatic heterocycles. The average Bonchev–Trinajstić information content (AvgIpc) is 2.31. The van der Waals surface area contributed by atoms with Crippen molar-refractivity contribution in [3.05, 3.63) is 45.6 Å². The molecule has 5 nitrogen and oxygen atoms in total. The fourth-order valence-electron chi connectivity index (χ4n) is 1.60. The highest BCUT2D eigenvalue weighted by molar-refractivity contribution is 6.42. The highest BCUT2D eigenvalue weighted by atomic mass is 35.5. The van der Waals surface area contributed by atoms with Gasteiger partial charge in [-0.3, -0.25) is 0 Å². The van der Waals surface area contributed by atoms with Gasteiger partial charge in [0, 0.05) is 0 Å². The van der Waals surface area contributed by atoms with E-state index in [0.29, 0.717) is 10.6 Å². The number of amides is 2. The molecule has 0 fully saturated rings. The average molecular weight is 287 g/mol. The molecule has 1 aliphatic rings. The Morgan fingerprint density at radius 2 is 2.06 bits per heavy atom. The van der Waals surface area contributed by atoms with E-state index in [-0.39, 0.29) is 10.7 Å². The summed E-state index contributed by atoms with van der Waals surface area (Å²) in [5.74, 6) is -1.21. The minimum absolute atomic E-state index is 0.195. The van der Waals surface area contributed by atoms with Crippen molar-refractivity contribution in [3.63, 3.8) is 0 Å². The van der Waals surface area contributed by atoms with Gasteiger partial charge in [-0.2, -0.15) is 0 Å². The molecule has 1 atom stereocenters. The summed E-state index contributed by atoms with van der Waals surface area (Å²) >= 11 is 11.9. The third kappa shape index (κ3) is 2.42. The Balaban J connectivity index is 2.44. The van der Waals surface area contributed by atoms with E-state index in [2.05, 4.69) is 10.6 Å². The number of carbonyl (C=O) groups is 2. The number of carbonyl (C=O) groups excluding carboxylic acids is 1. The normalized spacial score (nSPS) is 18.7. The molecule has 1 heterocycles. The zero-order valence-electron chi connectivity index (χ0n) is 8.91. The lowest BCUT2D eigenvalue weighted by Gasteiger charge is -2.23. The Bertz CT molecular complexity index is 557. The third-order valence-electron chi connectivity index (χ3n) is 2.42. The first-order valence-electron chi connectivity index (χ1n) is 4.95. The van der Waals surface area contributed by atoms with Crippen LogP contribution in [0.1, 0.15) is 11.6 Å². The van der Waals surface area contributed by atoms with Gasteiger partial charge in [0.1, 0.15) is 5.70 Å². The van der Waals surface area contributed by atoms with Crippen LogP contribution >= 0.6 is 23.2 Å². The highest BCUT2D eigenvalue weighted by Gasteiger charge is 2.24. The number of carboxylic acid groups (broad SMARTS) is 1. The molecule has 3 N–H and O–H groups in total. The quantitative estimate of drug-likeness (QED) is 0.781. The van der Waals surface area contributed by atoms with Crippen LogP contribution in [0.5, 0.6) is 0 Å². The standard InChI is InChI=1S/C11H8Cl2N2O3/c12-6-3-1-2-5(9(6)13)7-4-8(10(16)17)15-11(18)14-7/h1-4,7H,(H,16,17)(H2,14,15,18)/t7-/m0/s1. The Hall–Kier alpha value is -1.72. The van der Waals surface area contributed by atoms with Gasteiger partial charge in [-0.1, -0.05) is 35.3 Å². The first-order valence-corrected chi connectivity index (χ1v) is 5.71. The van der Waals surface area contributed by atoms with Crippen LogP contribution in [0.4, 0.5) is 4.79 Å². The van der Waals surface area contributed by atoms with Crippen LogP contribution in [0.25, 0.3) is 0 Å². The Morgan fingerprint density at radius 3 is 2.72 bits per heavy atom. The molecule has 0 spiro atoms. The second-order valence-corrected chi connectivity index (χ2v) is 4.39. The smallest absolute Gasteiger partial charge is 0.352 e. The van der Waals surface area contributed by atoms with Gasteiger partial charge in [0.05, 0.1) is 16.1 Å². The van der Waals surface area contributed by atoms with E-state index in [1.165, 1.54) is 6.08 Å². The molecule has 94 valence electrons. The number of nitrogens with one attached hydrogen (secondary N) is 2. The molecule has 0 aliphatic carbocycles. The van der Waals surface area contributed by atoms with Gasteiger partial charge in [-0.15, -0.1) is 0 Å². The summed E-state index contributed by atoms with van der Waals surface area (Å²) in [6, 6.07) is 3.72. The van der Waals surface area contributed by atoms with E-state index in [1.54, 1.807) is 18.2 Å². The molecule has 1 aromatic rings. The van der Waals surface area contributed by atoms with Gasteiger partial charge in [-0.05, 0) is 17.7 Å². The summed E-state index contributed by atoms with van der Waals surface area (Å²) in [5.41, 5.74) is 0.345. The van der Waals surface area contributed by atoms with Crippen molar-refractivity contribution in [1.29, 1.82) is 0 Å². The van der Waals surface area contributed by atoms with Crippen molar-refractivity contribution in [2.45, 2.75) is 6.04 Å². The topological polar surface area (TPSA) is 78.4 Å². The van der Waals surface area contributed by atoms with Gasteiger partial charge in [0.2, 0.25) is 0 Å². The Morgan fingerprint density at radius 1 is 1.33 bits per heavy atom. The van der Waals surface area contributed by atoms with E-state index in [4.69, 9.17) is 28.3 Å². The first-order chi connectivity index (χ1) is 8.49. The predicted octanol–water partition coefficient (Wildman–Crippen LogP) is 2.32. The lowest BCUT2D eigenvalue weighted by Crippen LogP contribution is -2.43. The SMILES string of the molecule is O=C1NC(C(=O)O)=C[C@@H](c2cccc(Cl)c2Cl)N1. The number of carboxylic acids is 1. The monoisotopic (exact) mass is 286 g/mol. The number of hydrogen-bond acceptors (Lipinski definition) is 2. The van der Waals surface area contributed by atoms with Crippen molar-refractivity contribution in [2.75, 3.05) is 0 Å². The van der Waals surface area contributed by atoms with Crippen molar-refractivity contribution < 1.29 is 14.7 Å². The molecule has 2 rings (SSSR count). The molecule has 1 aliphatic heterocycles. The van der Waals surface area contributed by atoms with Gasteiger partial charge >= 0.3 is 12.0 Å². The maximum absolute atomic E-state index is 11.4. The lowest BCUT2D eigenvalue weighted by atomic mass is 10.0. The molecule has 0 saturated carbocycles. The van der Waals surface area contributed by atoms with Crippen LogP contribution in [-0.4, -0.2) is 17.1 Å².